The van der Waals surface area contributed by atoms with Crippen LogP contribution in [-0.2, 0) is 0 Å². The normalized spacial score (nSPS) is 11.1. The Balaban J connectivity index is 1.93. The van der Waals surface area contributed by atoms with Crippen molar-refractivity contribution in [2.75, 3.05) is 0 Å². The van der Waals surface area contributed by atoms with Gasteiger partial charge in [-0.25, -0.2) is 9.78 Å². The van der Waals surface area contributed by atoms with E-state index in [2.05, 4.69) is 4.98 Å². The van der Waals surface area contributed by atoms with Gasteiger partial charge in [0, 0.05) is 11.5 Å². The summed E-state index contributed by atoms with van der Waals surface area (Å²) in [7, 11) is 0. The van der Waals surface area contributed by atoms with Crippen LogP contribution in [0.1, 0.15) is 0 Å². The number of nitro benzene ring substituents is 1. The fourth-order valence-electron chi connectivity index (χ4n) is 2.35. The molecule has 0 bridgehead atoms. The van der Waals surface area contributed by atoms with Crippen LogP contribution in [0.3, 0.4) is 0 Å². The second-order valence-electron chi connectivity index (χ2n) is 4.91. The largest absolute Gasteiger partial charge is 0.422 e. The van der Waals surface area contributed by atoms with Crippen LogP contribution in [0.15, 0.2) is 57.7 Å². The molecule has 7 heteroatoms. The van der Waals surface area contributed by atoms with Gasteiger partial charge in [0.05, 0.1) is 26.8 Å². The lowest BCUT2D eigenvalue weighted by Gasteiger charge is -1.99. The molecule has 4 rings (SSSR count). The molecule has 2 heterocycles. The predicted molar refractivity (Wildman–Crippen MR) is 87.8 cm³/mol. The molecular formula is C16H8N2O4S. The maximum Gasteiger partial charge on any atom is 0.346 e. The zero-order valence-corrected chi connectivity index (χ0v) is 12.4. The van der Waals surface area contributed by atoms with E-state index in [0.29, 0.717) is 16.0 Å². The summed E-state index contributed by atoms with van der Waals surface area (Å²) in [6.07, 6.45) is 0. The summed E-state index contributed by atoms with van der Waals surface area (Å²) in [5, 5.41) is 12.0. The molecule has 0 aliphatic heterocycles. The van der Waals surface area contributed by atoms with E-state index in [1.165, 1.54) is 23.5 Å². The van der Waals surface area contributed by atoms with Crippen LogP contribution in [0.25, 0.3) is 31.8 Å². The van der Waals surface area contributed by atoms with Crippen molar-refractivity contribution in [3.63, 3.8) is 0 Å². The summed E-state index contributed by atoms with van der Waals surface area (Å²) < 4.78 is 6.22. The molecule has 112 valence electrons. The number of rotatable bonds is 2. The molecule has 0 saturated carbocycles. The Morgan fingerprint density at radius 2 is 1.96 bits per heavy atom. The van der Waals surface area contributed by atoms with Crippen molar-refractivity contribution in [3.05, 3.63) is 69.1 Å². The molecule has 0 unspecified atom stereocenters. The second kappa shape index (κ2) is 4.99. The van der Waals surface area contributed by atoms with E-state index >= 15 is 0 Å². The van der Waals surface area contributed by atoms with E-state index in [-0.39, 0.29) is 11.3 Å². The first-order valence-corrected chi connectivity index (χ1v) is 7.52. The number of non-ortho nitro benzene ring substituents is 1. The Kier molecular flexibility index (Phi) is 2.95. The van der Waals surface area contributed by atoms with Gasteiger partial charge in [-0.1, -0.05) is 12.1 Å². The third kappa shape index (κ3) is 2.27. The lowest BCUT2D eigenvalue weighted by molar-refractivity contribution is -0.384. The van der Waals surface area contributed by atoms with Crippen LogP contribution < -0.4 is 5.63 Å². The lowest BCUT2D eigenvalue weighted by Crippen LogP contribution is -2.02. The highest BCUT2D eigenvalue weighted by Crippen LogP contribution is 2.30. The highest BCUT2D eigenvalue weighted by Gasteiger charge is 2.14. The Labute approximate surface area is 132 Å². The van der Waals surface area contributed by atoms with Crippen molar-refractivity contribution in [2.45, 2.75) is 0 Å². The molecule has 0 N–H and O–H groups in total. The van der Waals surface area contributed by atoms with Crippen LogP contribution in [-0.4, -0.2) is 9.91 Å². The fraction of sp³-hybridized carbons (Fsp3) is 0. The summed E-state index contributed by atoms with van der Waals surface area (Å²) in [4.78, 5) is 26.9. The first kappa shape index (κ1) is 13.6. The minimum Gasteiger partial charge on any atom is -0.422 e. The molecular weight excluding hydrogens is 316 g/mol. The minimum absolute atomic E-state index is 0.117. The average Bonchev–Trinajstić information content (AvgIpc) is 2.97. The number of para-hydroxylation sites is 1. The maximum absolute atomic E-state index is 12.2. The lowest BCUT2D eigenvalue weighted by atomic mass is 10.2. The summed E-state index contributed by atoms with van der Waals surface area (Å²) in [5.41, 5.74) is 0.683. The molecule has 6 nitrogen and oxygen atoms in total. The second-order valence-corrected chi connectivity index (χ2v) is 5.94. The van der Waals surface area contributed by atoms with Crippen molar-refractivity contribution < 1.29 is 9.34 Å². The predicted octanol–water partition coefficient (Wildman–Crippen LogP) is 3.98. The number of aromatic nitrogens is 1. The zero-order valence-electron chi connectivity index (χ0n) is 11.6. The SMILES string of the molecule is O=c1oc2cc([N+](=O)[O-])ccc2cc1-c1nc2ccccc2s1. The minimum atomic E-state index is -0.558. The summed E-state index contributed by atoms with van der Waals surface area (Å²) >= 11 is 1.40. The first-order valence-electron chi connectivity index (χ1n) is 6.70. The highest BCUT2D eigenvalue weighted by atomic mass is 32.1. The number of nitro groups is 1. The molecule has 0 radical (unpaired) electrons. The molecule has 2 aromatic heterocycles. The number of hydrogen-bond donors (Lipinski definition) is 0. The van der Waals surface area contributed by atoms with E-state index in [0.717, 1.165) is 10.2 Å². The first-order chi connectivity index (χ1) is 11.1. The van der Waals surface area contributed by atoms with Gasteiger partial charge < -0.3 is 4.42 Å². The topological polar surface area (TPSA) is 86.2 Å². The molecule has 0 fully saturated rings. The van der Waals surface area contributed by atoms with Gasteiger partial charge >= 0.3 is 5.63 Å². The molecule has 23 heavy (non-hydrogen) atoms. The fourth-order valence-corrected chi connectivity index (χ4v) is 3.32. The van der Waals surface area contributed by atoms with Crippen LogP contribution >= 0.6 is 11.3 Å². The third-order valence-corrected chi connectivity index (χ3v) is 4.52. The van der Waals surface area contributed by atoms with E-state index in [4.69, 9.17) is 4.42 Å². The summed E-state index contributed by atoms with van der Waals surface area (Å²) in [6.45, 7) is 0. The third-order valence-electron chi connectivity index (χ3n) is 3.45. The Hall–Kier alpha value is -3.06. The van der Waals surface area contributed by atoms with Gasteiger partial charge in [0.25, 0.3) is 5.69 Å². The Bertz CT molecular complexity index is 1100. The number of fused-ring (bicyclic) bond motifs is 2. The van der Waals surface area contributed by atoms with Crippen molar-refractivity contribution >= 4 is 38.2 Å². The average molecular weight is 324 g/mol. The molecule has 0 amide bonds. The molecule has 0 aliphatic rings. The van der Waals surface area contributed by atoms with Crippen molar-refractivity contribution in [3.8, 4) is 10.6 Å². The Morgan fingerprint density at radius 1 is 1.13 bits per heavy atom. The van der Waals surface area contributed by atoms with Crippen LogP contribution in [0.4, 0.5) is 5.69 Å². The van der Waals surface area contributed by atoms with Gasteiger partial charge in [-0.05, 0) is 24.3 Å². The molecule has 0 aliphatic carbocycles. The number of hydrogen-bond acceptors (Lipinski definition) is 6. The molecule has 0 spiro atoms. The highest BCUT2D eigenvalue weighted by molar-refractivity contribution is 7.21. The molecule has 0 atom stereocenters. The van der Waals surface area contributed by atoms with E-state index in [1.807, 2.05) is 24.3 Å². The number of nitrogens with zero attached hydrogens (tertiary/aromatic N) is 2. The zero-order chi connectivity index (χ0) is 16.0. The number of thiazole rings is 1. The standard InChI is InChI=1S/C16H8N2O4S/c19-16-11(15-17-12-3-1-2-4-14(12)23-15)7-9-5-6-10(18(20)21)8-13(9)22-16/h1-8H. The van der Waals surface area contributed by atoms with Crippen LogP contribution in [0, 0.1) is 10.1 Å². The Morgan fingerprint density at radius 3 is 2.74 bits per heavy atom. The van der Waals surface area contributed by atoms with Gasteiger partial charge in [-0.2, -0.15) is 0 Å². The van der Waals surface area contributed by atoms with Crippen LogP contribution in [0.5, 0.6) is 0 Å². The van der Waals surface area contributed by atoms with Gasteiger partial charge in [0.2, 0.25) is 0 Å². The van der Waals surface area contributed by atoms with E-state index in [1.54, 1.807) is 12.1 Å². The molecule has 0 saturated heterocycles. The molecule has 4 aromatic rings. The van der Waals surface area contributed by atoms with Gasteiger partial charge in [-0.15, -0.1) is 11.3 Å². The van der Waals surface area contributed by atoms with Gasteiger partial charge in [-0.3, -0.25) is 10.1 Å². The van der Waals surface area contributed by atoms with Crippen molar-refractivity contribution in [1.82, 2.24) is 4.98 Å². The van der Waals surface area contributed by atoms with E-state index < -0.39 is 10.5 Å². The smallest absolute Gasteiger partial charge is 0.346 e. The van der Waals surface area contributed by atoms with Crippen molar-refractivity contribution in [1.29, 1.82) is 0 Å². The summed E-state index contributed by atoms with van der Waals surface area (Å²) in [6, 6.07) is 13.4. The maximum atomic E-state index is 12.2. The van der Waals surface area contributed by atoms with Gasteiger partial charge in [0.15, 0.2) is 0 Å². The summed E-state index contributed by atoms with van der Waals surface area (Å²) in [5.74, 6) is 0. The van der Waals surface area contributed by atoms with Crippen LogP contribution in [0.2, 0.25) is 0 Å². The monoisotopic (exact) mass is 324 g/mol. The van der Waals surface area contributed by atoms with Gasteiger partial charge in [0.1, 0.15) is 10.6 Å². The quantitative estimate of drug-likeness (QED) is 0.316. The number of benzene rings is 2. The van der Waals surface area contributed by atoms with Crippen molar-refractivity contribution in [2.24, 2.45) is 0 Å². The molecule has 2 aromatic carbocycles. The van der Waals surface area contributed by atoms with E-state index in [9.17, 15) is 14.9 Å².